The Kier molecular flexibility index (Phi) is 4.24. The van der Waals surface area contributed by atoms with Gasteiger partial charge in [0.05, 0.1) is 5.69 Å². The van der Waals surface area contributed by atoms with Crippen LogP contribution in [0.1, 0.15) is 33.8 Å². The van der Waals surface area contributed by atoms with E-state index in [1.165, 1.54) is 0 Å². The summed E-state index contributed by atoms with van der Waals surface area (Å²) >= 11 is 0. The molecule has 0 amide bonds. The predicted octanol–water partition coefficient (Wildman–Crippen LogP) is 3.26. The Morgan fingerprint density at radius 2 is 1.96 bits per heavy atom. The van der Waals surface area contributed by atoms with Crippen molar-refractivity contribution in [2.45, 2.75) is 20.8 Å². The summed E-state index contributed by atoms with van der Waals surface area (Å²) in [6, 6.07) is 9.86. The van der Waals surface area contributed by atoms with Crippen LogP contribution in [0.3, 0.4) is 0 Å². The minimum atomic E-state index is -0.474. The molecule has 7 nitrogen and oxygen atoms in total. The average Bonchev–Trinajstić information content (AvgIpc) is 3.25. The van der Waals surface area contributed by atoms with E-state index in [0.29, 0.717) is 11.3 Å². The number of hydrogen-bond acceptors (Lipinski definition) is 5. The number of nitriles is 1. The van der Waals surface area contributed by atoms with Gasteiger partial charge in [-0.3, -0.25) is 4.79 Å². The second-order valence-corrected chi connectivity index (χ2v) is 6.58. The van der Waals surface area contributed by atoms with Crippen LogP contribution in [0, 0.1) is 32.1 Å². The van der Waals surface area contributed by atoms with Crippen LogP contribution in [0.4, 0.5) is 0 Å². The smallest absolute Gasteiger partial charge is 0.282 e. The molecule has 0 radical (unpaired) electrons. The Morgan fingerprint density at radius 1 is 1.18 bits per heavy atom. The van der Waals surface area contributed by atoms with Gasteiger partial charge in [0.25, 0.3) is 5.56 Å². The Hall–Kier alpha value is -3.79. The zero-order valence-electron chi connectivity index (χ0n) is 15.7. The minimum Gasteiger partial charge on any atom is -0.454 e. The SMILES string of the molecule is Cc1c(/C=C/c2cc(C)n(-c3ccc4c(c3)OCO4)c2C)n[nH]c(=O)c1C#N. The van der Waals surface area contributed by atoms with Crippen LogP contribution in [0.25, 0.3) is 17.8 Å². The van der Waals surface area contributed by atoms with Crippen LogP contribution in [0.5, 0.6) is 11.5 Å². The molecule has 0 unspecified atom stereocenters. The first-order valence-electron chi connectivity index (χ1n) is 8.76. The van der Waals surface area contributed by atoms with E-state index >= 15 is 0 Å². The summed E-state index contributed by atoms with van der Waals surface area (Å²) in [6.45, 7) is 6.03. The third-order valence-corrected chi connectivity index (χ3v) is 4.88. The van der Waals surface area contributed by atoms with E-state index in [9.17, 15) is 4.79 Å². The monoisotopic (exact) mass is 374 g/mol. The topological polar surface area (TPSA) is 92.9 Å². The van der Waals surface area contributed by atoms with Crippen LogP contribution in [-0.4, -0.2) is 21.6 Å². The fraction of sp³-hybridized carbons (Fsp3) is 0.190. The van der Waals surface area contributed by atoms with Crippen LogP contribution in [-0.2, 0) is 0 Å². The van der Waals surface area contributed by atoms with Crippen molar-refractivity contribution in [3.05, 3.63) is 68.4 Å². The second-order valence-electron chi connectivity index (χ2n) is 6.58. The number of fused-ring (bicyclic) bond motifs is 1. The molecule has 1 aromatic carbocycles. The zero-order chi connectivity index (χ0) is 19.8. The lowest BCUT2D eigenvalue weighted by Crippen LogP contribution is -2.15. The molecule has 3 aromatic rings. The molecular formula is C21H18N4O3. The van der Waals surface area contributed by atoms with E-state index in [4.69, 9.17) is 14.7 Å². The molecule has 0 spiro atoms. The molecule has 1 aliphatic rings. The summed E-state index contributed by atoms with van der Waals surface area (Å²) in [4.78, 5) is 11.7. The quantitative estimate of drug-likeness (QED) is 0.760. The van der Waals surface area contributed by atoms with Crippen LogP contribution >= 0.6 is 0 Å². The van der Waals surface area contributed by atoms with Crippen molar-refractivity contribution in [3.8, 4) is 23.3 Å². The second kappa shape index (κ2) is 6.74. The standard InChI is InChI=1S/C21H18N4O3/c1-12-8-15(4-6-18-13(2)17(10-22)21(26)24-23-18)14(3)25(12)16-5-7-19-20(9-16)28-11-27-19/h4-9H,11H2,1-3H3,(H,24,26)/b6-4+. The van der Waals surface area contributed by atoms with Gasteiger partial charge in [0.1, 0.15) is 11.6 Å². The summed E-state index contributed by atoms with van der Waals surface area (Å²) in [5.41, 5.74) is 4.86. The number of rotatable bonds is 3. The minimum absolute atomic E-state index is 0.0838. The van der Waals surface area contributed by atoms with E-state index in [1.807, 2.05) is 44.2 Å². The van der Waals surface area contributed by atoms with Crippen molar-refractivity contribution in [1.29, 1.82) is 5.26 Å². The molecule has 7 heteroatoms. The first-order chi connectivity index (χ1) is 13.5. The highest BCUT2D eigenvalue weighted by atomic mass is 16.7. The highest BCUT2D eigenvalue weighted by Gasteiger charge is 2.16. The number of benzene rings is 1. The number of aromatic nitrogens is 3. The van der Waals surface area contributed by atoms with E-state index < -0.39 is 5.56 Å². The molecule has 0 fully saturated rings. The normalized spacial score (nSPS) is 12.5. The highest BCUT2D eigenvalue weighted by Crippen LogP contribution is 2.35. The largest absolute Gasteiger partial charge is 0.454 e. The van der Waals surface area contributed by atoms with Crippen molar-refractivity contribution in [2.75, 3.05) is 6.79 Å². The summed E-state index contributed by atoms with van der Waals surface area (Å²) in [5.74, 6) is 1.48. The lowest BCUT2D eigenvalue weighted by molar-refractivity contribution is 0.174. The van der Waals surface area contributed by atoms with Gasteiger partial charge in [0, 0.05) is 23.1 Å². The lowest BCUT2D eigenvalue weighted by Gasteiger charge is -2.10. The first-order valence-corrected chi connectivity index (χ1v) is 8.76. The lowest BCUT2D eigenvalue weighted by atomic mass is 10.1. The number of H-pyrrole nitrogens is 1. The Morgan fingerprint density at radius 3 is 2.75 bits per heavy atom. The summed E-state index contributed by atoms with van der Waals surface area (Å²) in [6.07, 6.45) is 3.73. The van der Waals surface area contributed by atoms with Gasteiger partial charge in [-0.25, -0.2) is 5.10 Å². The molecule has 140 valence electrons. The van der Waals surface area contributed by atoms with Crippen molar-refractivity contribution >= 4 is 12.2 Å². The van der Waals surface area contributed by atoms with E-state index in [-0.39, 0.29) is 12.4 Å². The van der Waals surface area contributed by atoms with E-state index in [1.54, 1.807) is 13.0 Å². The molecule has 1 aliphatic heterocycles. The Bertz CT molecular complexity index is 1210. The maximum atomic E-state index is 11.7. The fourth-order valence-electron chi connectivity index (χ4n) is 3.39. The number of aryl methyl sites for hydroxylation is 1. The molecule has 0 bridgehead atoms. The van der Waals surface area contributed by atoms with Crippen LogP contribution in [0.15, 0.2) is 29.1 Å². The molecular weight excluding hydrogens is 356 g/mol. The van der Waals surface area contributed by atoms with E-state index in [2.05, 4.69) is 20.8 Å². The van der Waals surface area contributed by atoms with Gasteiger partial charge >= 0.3 is 0 Å². The Labute approximate surface area is 161 Å². The summed E-state index contributed by atoms with van der Waals surface area (Å²) in [7, 11) is 0. The third kappa shape index (κ3) is 2.85. The Balaban J connectivity index is 1.72. The van der Waals surface area contributed by atoms with E-state index in [0.717, 1.165) is 34.1 Å². The van der Waals surface area contributed by atoms with Gasteiger partial charge in [-0.15, -0.1) is 0 Å². The average molecular weight is 374 g/mol. The van der Waals surface area contributed by atoms with Crippen molar-refractivity contribution in [2.24, 2.45) is 0 Å². The van der Waals surface area contributed by atoms with Crippen LogP contribution in [0.2, 0.25) is 0 Å². The number of aromatic amines is 1. The summed E-state index contributed by atoms with van der Waals surface area (Å²) in [5, 5.41) is 15.6. The van der Waals surface area contributed by atoms with Crippen LogP contribution < -0.4 is 15.0 Å². The maximum absolute atomic E-state index is 11.7. The molecule has 3 heterocycles. The number of ether oxygens (including phenoxy) is 2. The number of nitrogens with one attached hydrogen (secondary N) is 1. The van der Waals surface area contributed by atoms with Gasteiger partial charge < -0.3 is 14.0 Å². The molecule has 0 atom stereocenters. The van der Waals surface area contributed by atoms with Crippen molar-refractivity contribution in [1.82, 2.24) is 14.8 Å². The molecule has 4 rings (SSSR count). The first kappa shape index (κ1) is 17.6. The molecule has 2 aromatic heterocycles. The fourth-order valence-corrected chi connectivity index (χ4v) is 3.39. The molecule has 1 N–H and O–H groups in total. The van der Waals surface area contributed by atoms with Gasteiger partial charge in [0.2, 0.25) is 6.79 Å². The van der Waals surface area contributed by atoms with Crippen molar-refractivity contribution in [3.63, 3.8) is 0 Å². The van der Waals surface area contributed by atoms with Gasteiger partial charge in [0.15, 0.2) is 11.5 Å². The maximum Gasteiger partial charge on any atom is 0.282 e. The predicted molar refractivity (Wildman–Crippen MR) is 105 cm³/mol. The molecule has 0 aliphatic carbocycles. The molecule has 0 saturated carbocycles. The van der Waals surface area contributed by atoms with Crippen molar-refractivity contribution < 1.29 is 9.47 Å². The molecule has 28 heavy (non-hydrogen) atoms. The van der Waals surface area contributed by atoms with Gasteiger partial charge in [-0.05, 0) is 56.2 Å². The molecule has 0 saturated heterocycles. The zero-order valence-corrected chi connectivity index (χ0v) is 15.7. The highest BCUT2D eigenvalue weighted by molar-refractivity contribution is 5.72. The number of nitrogens with zero attached hydrogens (tertiary/aromatic N) is 3. The van der Waals surface area contributed by atoms with Gasteiger partial charge in [-0.2, -0.15) is 10.4 Å². The number of hydrogen-bond donors (Lipinski definition) is 1. The third-order valence-electron chi connectivity index (χ3n) is 4.88. The summed E-state index contributed by atoms with van der Waals surface area (Å²) < 4.78 is 13.0. The van der Waals surface area contributed by atoms with Gasteiger partial charge in [-0.1, -0.05) is 6.08 Å².